The highest BCUT2D eigenvalue weighted by molar-refractivity contribution is 7.80. The van der Waals surface area contributed by atoms with Gasteiger partial charge >= 0.3 is 0 Å². The molecule has 0 atom stereocenters. The van der Waals surface area contributed by atoms with Crippen molar-refractivity contribution in [1.29, 1.82) is 0 Å². The van der Waals surface area contributed by atoms with E-state index in [1.807, 2.05) is 66.7 Å². The SMILES string of the molecule is NC(=S)NN/C(=C/c1nc(-c2ccccn2)cc2ccccc12)c1ccccc1. The van der Waals surface area contributed by atoms with E-state index in [-0.39, 0.29) is 5.11 Å². The summed E-state index contributed by atoms with van der Waals surface area (Å²) in [7, 11) is 0. The van der Waals surface area contributed by atoms with Gasteiger partial charge in [0.1, 0.15) is 0 Å². The van der Waals surface area contributed by atoms with Crippen LogP contribution in [0.15, 0.2) is 85.1 Å². The fourth-order valence-corrected chi connectivity index (χ4v) is 3.11. The van der Waals surface area contributed by atoms with Crippen molar-refractivity contribution in [2.75, 3.05) is 0 Å². The molecular formula is C23H19N5S. The Labute approximate surface area is 174 Å². The van der Waals surface area contributed by atoms with Gasteiger partial charge in [-0.2, -0.15) is 0 Å². The molecule has 29 heavy (non-hydrogen) atoms. The molecule has 0 amide bonds. The maximum absolute atomic E-state index is 5.61. The number of hydrazine groups is 1. The van der Waals surface area contributed by atoms with Crippen molar-refractivity contribution in [3.8, 4) is 11.4 Å². The van der Waals surface area contributed by atoms with Gasteiger partial charge < -0.3 is 5.73 Å². The second kappa shape index (κ2) is 8.50. The van der Waals surface area contributed by atoms with Gasteiger partial charge in [-0.1, -0.05) is 60.7 Å². The molecule has 4 N–H and O–H groups in total. The molecule has 2 heterocycles. The molecule has 2 aromatic carbocycles. The zero-order chi connectivity index (χ0) is 20.1. The van der Waals surface area contributed by atoms with Gasteiger partial charge in [0, 0.05) is 11.6 Å². The fourth-order valence-electron chi connectivity index (χ4n) is 3.06. The number of fused-ring (bicyclic) bond motifs is 1. The summed E-state index contributed by atoms with van der Waals surface area (Å²) in [6.07, 6.45) is 3.75. The van der Waals surface area contributed by atoms with Crippen LogP contribution in [-0.4, -0.2) is 15.1 Å². The van der Waals surface area contributed by atoms with Gasteiger partial charge in [0.05, 0.1) is 22.8 Å². The summed E-state index contributed by atoms with van der Waals surface area (Å²) < 4.78 is 0. The first-order chi connectivity index (χ1) is 14.2. The summed E-state index contributed by atoms with van der Waals surface area (Å²) in [4.78, 5) is 9.34. The molecule has 0 aliphatic heterocycles. The molecule has 5 nitrogen and oxygen atoms in total. The topological polar surface area (TPSA) is 75.9 Å². The third kappa shape index (κ3) is 4.39. The molecule has 0 saturated heterocycles. The average molecular weight is 398 g/mol. The van der Waals surface area contributed by atoms with Crippen LogP contribution in [0.2, 0.25) is 0 Å². The van der Waals surface area contributed by atoms with Gasteiger partial charge in [-0.25, -0.2) is 4.98 Å². The van der Waals surface area contributed by atoms with E-state index in [2.05, 4.69) is 34.0 Å². The van der Waals surface area contributed by atoms with E-state index in [1.165, 1.54) is 0 Å². The van der Waals surface area contributed by atoms with Gasteiger partial charge in [-0.05, 0) is 47.4 Å². The smallest absolute Gasteiger partial charge is 0.182 e. The van der Waals surface area contributed by atoms with E-state index in [4.69, 9.17) is 22.9 Å². The predicted molar refractivity (Wildman–Crippen MR) is 122 cm³/mol. The summed E-state index contributed by atoms with van der Waals surface area (Å²) in [5.74, 6) is 0. The molecule has 2 aromatic heterocycles. The summed E-state index contributed by atoms with van der Waals surface area (Å²) >= 11 is 4.94. The number of thiocarbonyl (C=S) groups is 1. The quantitative estimate of drug-likeness (QED) is 0.347. The van der Waals surface area contributed by atoms with E-state index in [1.54, 1.807) is 6.20 Å². The molecular weight excluding hydrogens is 378 g/mol. The Morgan fingerprint density at radius 3 is 2.38 bits per heavy atom. The molecule has 6 heteroatoms. The van der Waals surface area contributed by atoms with Crippen LogP contribution in [-0.2, 0) is 0 Å². The molecule has 0 fully saturated rings. The zero-order valence-electron chi connectivity index (χ0n) is 15.5. The minimum atomic E-state index is 0.159. The zero-order valence-corrected chi connectivity index (χ0v) is 16.4. The Morgan fingerprint density at radius 2 is 1.62 bits per heavy atom. The summed E-state index contributed by atoms with van der Waals surface area (Å²) in [5.41, 5.74) is 15.7. The maximum Gasteiger partial charge on any atom is 0.182 e. The largest absolute Gasteiger partial charge is 0.375 e. The number of hydrogen-bond acceptors (Lipinski definition) is 4. The number of nitrogens with zero attached hydrogens (tertiary/aromatic N) is 2. The number of nitrogens with two attached hydrogens (primary N) is 1. The Balaban J connectivity index is 1.88. The lowest BCUT2D eigenvalue weighted by Crippen LogP contribution is -2.39. The minimum Gasteiger partial charge on any atom is -0.375 e. The van der Waals surface area contributed by atoms with E-state index in [0.717, 1.165) is 39.1 Å². The molecule has 0 saturated carbocycles. The molecule has 4 rings (SSSR count). The summed E-state index contributed by atoms with van der Waals surface area (Å²) in [6.45, 7) is 0. The van der Waals surface area contributed by atoms with Gasteiger partial charge in [-0.3, -0.25) is 15.8 Å². The van der Waals surface area contributed by atoms with E-state index in [9.17, 15) is 0 Å². The van der Waals surface area contributed by atoms with Crippen molar-refractivity contribution < 1.29 is 0 Å². The molecule has 0 unspecified atom stereocenters. The van der Waals surface area contributed by atoms with Gasteiger partial charge in [0.2, 0.25) is 0 Å². The van der Waals surface area contributed by atoms with Crippen molar-refractivity contribution in [2.24, 2.45) is 5.73 Å². The van der Waals surface area contributed by atoms with Crippen molar-refractivity contribution in [2.45, 2.75) is 0 Å². The van der Waals surface area contributed by atoms with E-state index < -0.39 is 0 Å². The standard InChI is InChI=1S/C23H19N5S/c24-23(29)28-27-20(16-8-2-1-3-9-16)15-21-18-11-5-4-10-17(18)14-22(26-21)19-12-6-7-13-25-19/h1-15,27H,(H3,24,28,29)/b20-15+. The number of rotatable bonds is 5. The second-order valence-corrected chi connectivity index (χ2v) is 6.81. The lowest BCUT2D eigenvalue weighted by molar-refractivity contribution is 0.847. The Kier molecular flexibility index (Phi) is 5.45. The minimum absolute atomic E-state index is 0.159. The van der Waals surface area contributed by atoms with Crippen LogP contribution >= 0.6 is 12.2 Å². The lowest BCUT2D eigenvalue weighted by atomic mass is 10.0. The molecule has 0 spiro atoms. The highest BCUT2D eigenvalue weighted by atomic mass is 32.1. The normalized spacial score (nSPS) is 11.2. The van der Waals surface area contributed by atoms with Crippen LogP contribution in [0.3, 0.4) is 0 Å². The predicted octanol–water partition coefficient (Wildman–Crippen LogP) is 4.13. The van der Waals surface area contributed by atoms with Crippen LogP contribution in [0.25, 0.3) is 33.9 Å². The third-order valence-corrected chi connectivity index (χ3v) is 4.49. The Bertz CT molecular complexity index is 1170. The number of hydrogen-bond donors (Lipinski definition) is 3. The van der Waals surface area contributed by atoms with Crippen LogP contribution in [0, 0.1) is 0 Å². The number of pyridine rings is 2. The first kappa shape index (κ1) is 18.6. The van der Waals surface area contributed by atoms with Crippen molar-refractivity contribution in [3.63, 3.8) is 0 Å². The number of nitrogens with one attached hydrogen (secondary N) is 2. The van der Waals surface area contributed by atoms with E-state index >= 15 is 0 Å². The maximum atomic E-state index is 5.61. The third-order valence-electron chi connectivity index (χ3n) is 4.38. The van der Waals surface area contributed by atoms with Crippen molar-refractivity contribution in [1.82, 2.24) is 20.8 Å². The second-order valence-electron chi connectivity index (χ2n) is 6.37. The number of aromatic nitrogens is 2. The Hall–Kier alpha value is -3.77. The summed E-state index contributed by atoms with van der Waals surface area (Å²) in [6, 6.07) is 25.9. The lowest BCUT2D eigenvalue weighted by Gasteiger charge is -2.14. The van der Waals surface area contributed by atoms with E-state index in [0.29, 0.717) is 0 Å². The highest BCUT2D eigenvalue weighted by Crippen LogP contribution is 2.26. The van der Waals surface area contributed by atoms with Crippen molar-refractivity contribution >= 4 is 39.9 Å². The Morgan fingerprint density at radius 1 is 0.862 bits per heavy atom. The summed E-state index contributed by atoms with van der Waals surface area (Å²) in [5, 5.41) is 2.29. The molecule has 0 bridgehead atoms. The molecule has 0 aliphatic rings. The van der Waals surface area contributed by atoms with Crippen molar-refractivity contribution in [3.05, 3.63) is 96.3 Å². The monoisotopic (exact) mass is 397 g/mol. The van der Waals surface area contributed by atoms with Gasteiger partial charge in [0.25, 0.3) is 0 Å². The molecule has 4 aromatic rings. The fraction of sp³-hybridized carbons (Fsp3) is 0. The first-order valence-corrected chi connectivity index (χ1v) is 9.51. The van der Waals surface area contributed by atoms with Crippen LogP contribution < -0.4 is 16.6 Å². The number of benzene rings is 2. The highest BCUT2D eigenvalue weighted by Gasteiger charge is 2.09. The molecule has 0 aliphatic carbocycles. The van der Waals surface area contributed by atoms with Crippen LogP contribution in [0.1, 0.15) is 11.3 Å². The van der Waals surface area contributed by atoms with Gasteiger partial charge in [0.15, 0.2) is 5.11 Å². The van der Waals surface area contributed by atoms with Crippen LogP contribution in [0.5, 0.6) is 0 Å². The first-order valence-electron chi connectivity index (χ1n) is 9.10. The van der Waals surface area contributed by atoms with Gasteiger partial charge in [-0.15, -0.1) is 0 Å². The average Bonchev–Trinajstić information content (AvgIpc) is 2.77. The molecule has 142 valence electrons. The van der Waals surface area contributed by atoms with Crippen LogP contribution in [0.4, 0.5) is 0 Å². The molecule has 0 radical (unpaired) electrons.